The zero-order valence-corrected chi connectivity index (χ0v) is 15.3. The molecule has 1 saturated heterocycles. The van der Waals surface area contributed by atoms with Crippen molar-refractivity contribution in [3.05, 3.63) is 59.4 Å². The molecule has 0 radical (unpaired) electrons. The molecule has 2 aromatic rings. The van der Waals surface area contributed by atoms with E-state index < -0.39 is 6.10 Å². The van der Waals surface area contributed by atoms with Crippen LogP contribution >= 0.6 is 0 Å². The molecule has 0 saturated carbocycles. The summed E-state index contributed by atoms with van der Waals surface area (Å²) in [6.07, 6.45) is 1.24. The minimum absolute atomic E-state index is 0. The van der Waals surface area contributed by atoms with Crippen molar-refractivity contribution in [3.63, 3.8) is 0 Å². The lowest BCUT2D eigenvalue weighted by Crippen LogP contribution is -2.35. The smallest absolute Gasteiger partial charge is 0.166 e. The van der Waals surface area contributed by atoms with Crippen molar-refractivity contribution in [1.82, 2.24) is 4.90 Å². The first-order valence-electron chi connectivity index (χ1n) is 8.98. The summed E-state index contributed by atoms with van der Waals surface area (Å²) < 4.78 is 23.8. The third kappa shape index (κ3) is 6.44. The fourth-order valence-corrected chi connectivity index (χ4v) is 3.67. The molecule has 0 amide bonds. The normalized spacial score (nSPS) is 15.3. The van der Waals surface area contributed by atoms with Crippen LogP contribution in [0.15, 0.2) is 42.5 Å². The maximum absolute atomic E-state index is 13.0. The molecule has 0 aliphatic carbocycles. The van der Waals surface area contributed by atoms with Gasteiger partial charge in [0.05, 0.1) is 20.3 Å². The Bertz CT molecular complexity index is 713. The molecule has 0 aromatic heterocycles. The van der Waals surface area contributed by atoms with Gasteiger partial charge in [-0.05, 0) is 55.6 Å². The van der Waals surface area contributed by atoms with Crippen LogP contribution in [0, 0.1) is 11.7 Å². The number of piperidine rings is 1. The summed E-state index contributed by atoms with van der Waals surface area (Å²) in [6, 6.07) is 12.3. The van der Waals surface area contributed by atoms with Crippen LogP contribution in [0.3, 0.4) is 0 Å². The number of aliphatic hydroxyl groups is 1. The number of rotatable bonds is 6. The highest BCUT2D eigenvalue weighted by atomic mass is 19.1. The molecular weight excluding hydrogens is 369 g/mol. The Morgan fingerprint density at radius 2 is 1.62 bits per heavy atom. The van der Waals surface area contributed by atoms with Gasteiger partial charge in [-0.15, -0.1) is 0 Å². The molecule has 1 heterocycles. The molecule has 1 unspecified atom stereocenters. The van der Waals surface area contributed by atoms with Gasteiger partial charge >= 0.3 is 0 Å². The van der Waals surface area contributed by atoms with Gasteiger partial charge in [0.2, 0.25) is 0 Å². The van der Waals surface area contributed by atoms with Crippen LogP contribution < -0.4 is 9.47 Å². The van der Waals surface area contributed by atoms with Crippen LogP contribution in [0.1, 0.15) is 52.4 Å². The fraction of sp³-hybridized carbons (Fsp3) is 0.500. The van der Waals surface area contributed by atoms with Crippen molar-refractivity contribution in [2.24, 2.45) is 5.92 Å². The van der Waals surface area contributed by atoms with Crippen LogP contribution in [0.5, 0.6) is 11.5 Å². The van der Waals surface area contributed by atoms with Gasteiger partial charge in [0.15, 0.2) is 11.5 Å². The molecule has 0 bridgehead atoms. The molecule has 1 fully saturated rings. The van der Waals surface area contributed by atoms with Crippen LogP contribution in [0.25, 0.3) is 0 Å². The lowest BCUT2D eigenvalue weighted by Gasteiger charge is -2.34. The van der Waals surface area contributed by atoms with E-state index in [1.54, 1.807) is 14.2 Å². The van der Waals surface area contributed by atoms with E-state index in [0.29, 0.717) is 11.5 Å². The Kier molecular flexibility index (Phi) is 11.5. The second-order valence-electron chi connectivity index (χ2n) is 6.77. The second kappa shape index (κ2) is 12.5. The minimum Gasteiger partial charge on any atom is -0.493 e. The lowest BCUT2D eigenvalue weighted by molar-refractivity contribution is 0.0549. The van der Waals surface area contributed by atoms with E-state index in [4.69, 9.17) is 9.47 Å². The number of para-hydroxylation sites is 1. The Balaban J connectivity index is 0.00000261. The van der Waals surface area contributed by atoms with E-state index in [1.165, 1.54) is 12.1 Å². The average molecular weight is 408 g/mol. The first-order valence-corrected chi connectivity index (χ1v) is 8.98. The van der Waals surface area contributed by atoms with Crippen LogP contribution in [0.2, 0.25) is 0 Å². The third-order valence-electron chi connectivity index (χ3n) is 5.15. The summed E-state index contributed by atoms with van der Waals surface area (Å²) in [5, 5.41) is 10.9. The first-order chi connectivity index (χ1) is 12.6. The van der Waals surface area contributed by atoms with Crippen molar-refractivity contribution in [1.29, 1.82) is 0 Å². The van der Waals surface area contributed by atoms with Crippen molar-refractivity contribution in [3.8, 4) is 11.5 Å². The molecule has 1 N–H and O–H groups in total. The zero-order chi connectivity index (χ0) is 18.5. The molecule has 1 aliphatic rings. The van der Waals surface area contributed by atoms with E-state index in [1.807, 2.05) is 30.3 Å². The standard InChI is InChI=1S/C21H26FNO3.3CH4/c1-25-19-5-3-4-18(21(19)26-2)20(24)16-10-12-23(13-11-16)14-15-6-8-17(22)9-7-15;;;/h3-9,16,20,24H,10-14H2,1-2H3;3*1H4. The molecule has 1 atom stereocenters. The highest BCUT2D eigenvalue weighted by molar-refractivity contribution is 5.47. The van der Waals surface area contributed by atoms with Crippen molar-refractivity contribution in [2.45, 2.75) is 47.8 Å². The summed E-state index contributed by atoms with van der Waals surface area (Å²) >= 11 is 0. The van der Waals surface area contributed by atoms with Crippen LogP contribution in [0.4, 0.5) is 4.39 Å². The van der Waals surface area contributed by atoms with Gasteiger partial charge in [0, 0.05) is 12.1 Å². The number of nitrogens with zero attached hydrogens (tertiary/aromatic N) is 1. The second-order valence-corrected chi connectivity index (χ2v) is 6.77. The maximum atomic E-state index is 13.0. The van der Waals surface area contributed by atoms with Gasteiger partial charge in [-0.3, -0.25) is 4.90 Å². The Labute approximate surface area is 176 Å². The largest absolute Gasteiger partial charge is 0.493 e. The lowest BCUT2D eigenvalue weighted by atomic mass is 9.87. The van der Waals surface area contributed by atoms with E-state index in [9.17, 15) is 9.50 Å². The van der Waals surface area contributed by atoms with Gasteiger partial charge in [-0.1, -0.05) is 46.5 Å². The Hall–Kier alpha value is -2.11. The molecule has 3 rings (SSSR count). The van der Waals surface area contributed by atoms with Crippen LogP contribution in [-0.2, 0) is 6.54 Å². The highest BCUT2D eigenvalue weighted by Gasteiger charge is 2.29. The topological polar surface area (TPSA) is 41.9 Å². The molecule has 29 heavy (non-hydrogen) atoms. The monoisotopic (exact) mass is 407 g/mol. The SMILES string of the molecule is C.C.C.COc1cccc(C(O)C2CCN(Cc3ccc(F)cc3)CC2)c1OC. The van der Waals surface area contributed by atoms with E-state index >= 15 is 0 Å². The number of benzene rings is 2. The number of hydrogen-bond donors (Lipinski definition) is 1. The molecular formula is C24H38FNO3. The van der Waals surface area contributed by atoms with Crippen molar-refractivity contribution < 1.29 is 19.0 Å². The van der Waals surface area contributed by atoms with E-state index in [2.05, 4.69) is 4.90 Å². The first kappa shape index (κ1) is 26.9. The molecule has 0 spiro atoms. The summed E-state index contributed by atoms with van der Waals surface area (Å²) in [5.41, 5.74) is 1.89. The zero-order valence-electron chi connectivity index (χ0n) is 15.3. The van der Waals surface area contributed by atoms with E-state index in [0.717, 1.165) is 43.6 Å². The predicted molar refractivity (Wildman–Crippen MR) is 119 cm³/mol. The number of ether oxygens (including phenoxy) is 2. The van der Waals surface area contributed by atoms with Crippen molar-refractivity contribution >= 4 is 0 Å². The average Bonchev–Trinajstić information content (AvgIpc) is 2.69. The van der Waals surface area contributed by atoms with Gasteiger partial charge in [-0.2, -0.15) is 0 Å². The highest BCUT2D eigenvalue weighted by Crippen LogP contribution is 2.40. The van der Waals surface area contributed by atoms with Gasteiger partial charge < -0.3 is 14.6 Å². The predicted octanol–water partition coefficient (Wildman–Crippen LogP) is 5.70. The van der Waals surface area contributed by atoms with Gasteiger partial charge in [0.25, 0.3) is 0 Å². The van der Waals surface area contributed by atoms with Gasteiger partial charge in [0.1, 0.15) is 5.82 Å². The Morgan fingerprint density at radius 3 is 2.17 bits per heavy atom. The quantitative estimate of drug-likeness (QED) is 0.667. The number of aliphatic hydroxyl groups excluding tert-OH is 1. The van der Waals surface area contributed by atoms with E-state index in [-0.39, 0.29) is 34.0 Å². The summed E-state index contributed by atoms with van der Waals surface area (Å²) in [5.74, 6) is 1.22. The maximum Gasteiger partial charge on any atom is 0.166 e. The summed E-state index contributed by atoms with van der Waals surface area (Å²) in [4.78, 5) is 2.35. The van der Waals surface area contributed by atoms with Crippen LogP contribution in [-0.4, -0.2) is 37.3 Å². The summed E-state index contributed by atoms with van der Waals surface area (Å²) in [6.45, 7) is 2.63. The molecule has 2 aromatic carbocycles. The fourth-order valence-electron chi connectivity index (χ4n) is 3.67. The number of likely N-dealkylation sites (tertiary alicyclic amines) is 1. The van der Waals surface area contributed by atoms with Gasteiger partial charge in [-0.25, -0.2) is 4.39 Å². The summed E-state index contributed by atoms with van der Waals surface area (Å²) in [7, 11) is 3.20. The number of methoxy groups -OCH3 is 2. The molecule has 5 heteroatoms. The number of halogens is 1. The number of hydrogen-bond acceptors (Lipinski definition) is 4. The molecule has 1 aliphatic heterocycles. The van der Waals surface area contributed by atoms with Crippen molar-refractivity contribution in [2.75, 3.05) is 27.3 Å². The molecule has 164 valence electrons. The Morgan fingerprint density at radius 1 is 1.00 bits per heavy atom. The molecule has 4 nitrogen and oxygen atoms in total. The minimum atomic E-state index is -0.576. The third-order valence-corrected chi connectivity index (χ3v) is 5.15.